The molecule has 4 nitrogen and oxygen atoms in total. The molecule has 1 aromatic heterocycles. The molecule has 16 heavy (non-hydrogen) atoms. The fraction of sp³-hybridized carbons (Fsp3) is 0.750. The summed E-state index contributed by atoms with van der Waals surface area (Å²) >= 11 is 0. The van der Waals surface area contributed by atoms with Crippen molar-refractivity contribution in [2.75, 3.05) is 12.8 Å². The summed E-state index contributed by atoms with van der Waals surface area (Å²) in [7, 11) is 1.77. The van der Waals surface area contributed by atoms with E-state index in [1.165, 1.54) is 0 Å². The van der Waals surface area contributed by atoms with E-state index in [-0.39, 0.29) is 5.54 Å². The van der Waals surface area contributed by atoms with Crippen molar-refractivity contribution in [3.63, 3.8) is 0 Å². The van der Waals surface area contributed by atoms with E-state index < -0.39 is 0 Å². The fourth-order valence-electron chi connectivity index (χ4n) is 2.15. The van der Waals surface area contributed by atoms with Gasteiger partial charge in [-0.05, 0) is 33.6 Å². The predicted octanol–water partition coefficient (Wildman–Crippen LogP) is 2.11. The highest BCUT2D eigenvalue weighted by Crippen LogP contribution is 2.38. The van der Waals surface area contributed by atoms with E-state index in [2.05, 4.69) is 25.9 Å². The number of aromatic nitrogens is 2. The predicted molar refractivity (Wildman–Crippen MR) is 64.4 cm³/mol. The van der Waals surface area contributed by atoms with Crippen molar-refractivity contribution in [3.8, 4) is 0 Å². The first-order valence-electron chi connectivity index (χ1n) is 5.80. The van der Waals surface area contributed by atoms with Crippen LogP contribution < -0.4 is 5.73 Å². The van der Waals surface area contributed by atoms with E-state index in [0.717, 1.165) is 24.4 Å². The minimum Gasteiger partial charge on any atom is -0.384 e. The fourth-order valence-corrected chi connectivity index (χ4v) is 2.15. The quantitative estimate of drug-likeness (QED) is 0.835. The van der Waals surface area contributed by atoms with Gasteiger partial charge in [-0.15, -0.1) is 0 Å². The van der Waals surface area contributed by atoms with Crippen LogP contribution >= 0.6 is 0 Å². The molecule has 0 amide bonds. The van der Waals surface area contributed by atoms with Gasteiger partial charge in [0.05, 0.1) is 17.3 Å². The number of hydrogen-bond acceptors (Lipinski definition) is 3. The van der Waals surface area contributed by atoms with Crippen LogP contribution in [0.1, 0.15) is 45.2 Å². The van der Waals surface area contributed by atoms with Crippen molar-refractivity contribution < 1.29 is 4.74 Å². The summed E-state index contributed by atoms with van der Waals surface area (Å²) in [6.45, 7) is 6.33. The summed E-state index contributed by atoms with van der Waals surface area (Å²) in [5.74, 6) is 1.28. The molecule has 1 aliphatic rings. The van der Waals surface area contributed by atoms with Crippen LogP contribution in [0.15, 0.2) is 6.07 Å². The Morgan fingerprint density at radius 3 is 2.50 bits per heavy atom. The third-order valence-corrected chi connectivity index (χ3v) is 3.24. The van der Waals surface area contributed by atoms with Crippen LogP contribution in [0.25, 0.3) is 0 Å². The van der Waals surface area contributed by atoms with E-state index in [1.807, 2.05) is 10.7 Å². The van der Waals surface area contributed by atoms with Crippen LogP contribution in [0.5, 0.6) is 0 Å². The number of nitrogens with zero attached hydrogens (tertiary/aromatic N) is 2. The molecule has 0 radical (unpaired) electrons. The van der Waals surface area contributed by atoms with Gasteiger partial charge in [0.2, 0.25) is 0 Å². The average Bonchev–Trinajstić information content (AvgIpc) is 2.44. The lowest BCUT2D eigenvalue weighted by molar-refractivity contribution is 0.0245. The van der Waals surface area contributed by atoms with Gasteiger partial charge >= 0.3 is 0 Å². The molecular formula is C12H21N3O. The highest BCUT2D eigenvalue weighted by molar-refractivity contribution is 5.34. The first-order valence-corrected chi connectivity index (χ1v) is 5.80. The van der Waals surface area contributed by atoms with Crippen LogP contribution in [0.2, 0.25) is 0 Å². The molecule has 0 saturated heterocycles. The van der Waals surface area contributed by atoms with Crippen LogP contribution in [0, 0.1) is 0 Å². The zero-order valence-corrected chi connectivity index (χ0v) is 10.5. The molecule has 0 bridgehead atoms. The number of ether oxygens (including phenoxy) is 1. The number of rotatable bonds is 2. The van der Waals surface area contributed by atoms with Crippen molar-refractivity contribution in [1.82, 2.24) is 9.78 Å². The Labute approximate surface area is 96.8 Å². The summed E-state index contributed by atoms with van der Waals surface area (Å²) in [6.07, 6.45) is 2.54. The highest BCUT2D eigenvalue weighted by atomic mass is 16.5. The van der Waals surface area contributed by atoms with Crippen LogP contribution in [-0.2, 0) is 10.3 Å². The van der Waals surface area contributed by atoms with Crippen molar-refractivity contribution in [2.45, 2.75) is 51.2 Å². The van der Waals surface area contributed by atoms with Gasteiger partial charge in [-0.1, -0.05) is 0 Å². The maximum Gasteiger partial charge on any atom is 0.122 e. The van der Waals surface area contributed by atoms with Gasteiger partial charge in [-0.25, -0.2) is 4.68 Å². The first-order chi connectivity index (χ1) is 7.41. The maximum absolute atomic E-state index is 5.98. The van der Waals surface area contributed by atoms with Crippen molar-refractivity contribution >= 4 is 5.82 Å². The van der Waals surface area contributed by atoms with E-state index in [9.17, 15) is 0 Å². The topological polar surface area (TPSA) is 53.1 Å². The van der Waals surface area contributed by atoms with Crippen LogP contribution in [0.4, 0.5) is 5.82 Å². The summed E-state index contributed by atoms with van der Waals surface area (Å²) in [5.41, 5.74) is 7.04. The summed E-state index contributed by atoms with van der Waals surface area (Å²) in [6, 6.07) is 2.00. The third kappa shape index (κ3) is 1.94. The Morgan fingerprint density at radius 1 is 1.44 bits per heavy atom. The van der Waals surface area contributed by atoms with Crippen LogP contribution in [0.3, 0.4) is 0 Å². The Kier molecular flexibility index (Phi) is 2.70. The lowest BCUT2D eigenvalue weighted by atomic mass is 9.80. The van der Waals surface area contributed by atoms with Gasteiger partial charge in [-0.3, -0.25) is 0 Å². The van der Waals surface area contributed by atoms with Crippen LogP contribution in [-0.4, -0.2) is 23.0 Å². The van der Waals surface area contributed by atoms with Gasteiger partial charge in [0.25, 0.3) is 0 Å². The molecule has 0 atom stereocenters. The SMILES string of the molecule is COC1CC(c2cc(N)n(C(C)(C)C)n2)C1. The zero-order valence-electron chi connectivity index (χ0n) is 10.5. The Hall–Kier alpha value is -1.03. The largest absolute Gasteiger partial charge is 0.384 e. The summed E-state index contributed by atoms with van der Waals surface area (Å²) in [5, 5.41) is 4.61. The second kappa shape index (κ2) is 3.77. The second-order valence-electron chi connectivity index (χ2n) is 5.60. The lowest BCUT2D eigenvalue weighted by Gasteiger charge is -2.32. The number of hydrogen-bond donors (Lipinski definition) is 1. The molecule has 1 heterocycles. The van der Waals surface area contributed by atoms with Crippen molar-refractivity contribution in [2.24, 2.45) is 0 Å². The molecule has 1 aliphatic carbocycles. The normalized spacial score (nSPS) is 25.5. The van der Waals surface area contributed by atoms with Crippen molar-refractivity contribution in [3.05, 3.63) is 11.8 Å². The molecule has 0 aromatic carbocycles. The Balaban J connectivity index is 2.14. The standard InChI is InChI=1S/C12H21N3O/c1-12(2,3)15-11(13)7-10(14-15)8-5-9(6-8)16-4/h7-9H,5-6,13H2,1-4H3. The molecule has 90 valence electrons. The van der Waals surface area contributed by atoms with Crippen molar-refractivity contribution in [1.29, 1.82) is 0 Å². The molecular weight excluding hydrogens is 202 g/mol. The van der Waals surface area contributed by atoms with Gasteiger partial charge < -0.3 is 10.5 Å². The number of nitrogen functional groups attached to an aromatic ring is 1. The first kappa shape index (κ1) is 11.5. The number of anilines is 1. The molecule has 1 saturated carbocycles. The van der Waals surface area contributed by atoms with E-state index in [0.29, 0.717) is 12.0 Å². The van der Waals surface area contributed by atoms with Gasteiger partial charge in [0.1, 0.15) is 5.82 Å². The third-order valence-electron chi connectivity index (χ3n) is 3.24. The molecule has 0 aliphatic heterocycles. The molecule has 0 spiro atoms. The minimum absolute atomic E-state index is 0.0489. The molecule has 1 aromatic rings. The smallest absolute Gasteiger partial charge is 0.122 e. The second-order valence-corrected chi connectivity index (χ2v) is 5.60. The Bertz CT molecular complexity index is 372. The maximum atomic E-state index is 5.98. The summed E-state index contributed by atoms with van der Waals surface area (Å²) < 4.78 is 7.18. The van der Waals surface area contributed by atoms with E-state index >= 15 is 0 Å². The van der Waals surface area contributed by atoms with Gasteiger partial charge in [0.15, 0.2) is 0 Å². The molecule has 2 rings (SSSR count). The van der Waals surface area contributed by atoms with E-state index in [4.69, 9.17) is 10.5 Å². The monoisotopic (exact) mass is 223 g/mol. The molecule has 0 unspecified atom stereocenters. The number of methoxy groups -OCH3 is 1. The van der Waals surface area contributed by atoms with Gasteiger partial charge in [0, 0.05) is 19.1 Å². The van der Waals surface area contributed by atoms with Gasteiger partial charge in [-0.2, -0.15) is 5.10 Å². The zero-order chi connectivity index (χ0) is 11.9. The highest BCUT2D eigenvalue weighted by Gasteiger charge is 2.33. The summed E-state index contributed by atoms with van der Waals surface area (Å²) in [4.78, 5) is 0. The number of nitrogens with two attached hydrogens (primary N) is 1. The molecule has 2 N–H and O–H groups in total. The molecule has 4 heteroatoms. The minimum atomic E-state index is -0.0489. The Morgan fingerprint density at radius 2 is 2.06 bits per heavy atom. The lowest BCUT2D eigenvalue weighted by Crippen LogP contribution is -2.29. The average molecular weight is 223 g/mol. The van der Waals surface area contributed by atoms with E-state index in [1.54, 1.807) is 7.11 Å². The molecule has 1 fully saturated rings.